The summed E-state index contributed by atoms with van der Waals surface area (Å²) in [6.45, 7) is 4.51. The highest BCUT2D eigenvalue weighted by Gasteiger charge is 2.41. The Bertz CT molecular complexity index is 1370. The summed E-state index contributed by atoms with van der Waals surface area (Å²) in [5.74, 6) is -0.192. The number of hydrogen-bond donors (Lipinski definition) is 0. The molecular formula is C27H23NO4S. The molecule has 2 aromatic carbocycles. The van der Waals surface area contributed by atoms with Gasteiger partial charge < -0.3 is 5.11 Å². The molecule has 6 rings (SSSR count). The second kappa shape index (κ2) is 7.48. The molecule has 1 saturated heterocycles. The smallest absolute Gasteiger partial charge is 0.214 e. The zero-order chi connectivity index (χ0) is 22.7. The van der Waals surface area contributed by atoms with Crippen LogP contribution in [0.25, 0.3) is 11.4 Å². The SMILES string of the molecule is CC1(C)Cc2ccccc2-[n+]2ccc(C3OOC3/C=C/C3=C([O-])c4ccccc4S3=O)cc21. The molecule has 166 valence electrons. The number of hydrogen-bond acceptors (Lipinski definition) is 4. The van der Waals surface area contributed by atoms with Crippen molar-refractivity contribution in [1.82, 2.24) is 0 Å². The Labute approximate surface area is 195 Å². The van der Waals surface area contributed by atoms with Crippen LogP contribution in [-0.2, 0) is 32.4 Å². The first kappa shape index (κ1) is 20.5. The fourth-order valence-corrected chi connectivity index (χ4v) is 6.19. The minimum absolute atomic E-state index is 0.0326. The summed E-state index contributed by atoms with van der Waals surface area (Å²) in [6.07, 6.45) is 5.82. The van der Waals surface area contributed by atoms with Gasteiger partial charge in [-0.15, -0.1) is 0 Å². The average Bonchev–Trinajstić information content (AvgIpc) is 3.03. The van der Waals surface area contributed by atoms with Crippen molar-refractivity contribution in [3.8, 4) is 5.69 Å². The van der Waals surface area contributed by atoms with E-state index >= 15 is 0 Å². The van der Waals surface area contributed by atoms with Crippen LogP contribution in [0.4, 0.5) is 0 Å². The van der Waals surface area contributed by atoms with E-state index in [1.807, 2.05) is 0 Å². The molecule has 5 nitrogen and oxygen atoms in total. The Morgan fingerprint density at radius 2 is 1.88 bits per heavy atom. The molecule has 1 aromatic heterocycles. The van der Waals surface area contributed by atoms with E-state index in [2.05, 4.69) is 61.0 Å². The zero-order valence-corrected chi connectivity index (χ0v) is 19.2. The van der Waals surface area contributed by atoms with E-state index in [-0.39, 0.29) is 28.3 Å². The first-order valence-corrected chi connectivity index (χ1v) is 12.2. The summed E-state index contributed by atoms with van der Waals surface area (Å²) in [5, 5.41) is 12.7. The fraction of sp³-hybridized carbons (Fsp3) is 0.222. The van der Waals surface area contributed by atoms with Crippen molar-refractivity contribution in [2.24, 2.45) is 0 Å². The van der Waals surface area contributed by atoms with Crippen LogP contribution in [0.5, 0.6) is 0 Å². The normalized spacial score (nSPS) is 24.8. The Kier molecular flexibility index (Phi) is 4.66. The Morgan fingerprint density at radius 3 is 2.67 bits per heavy atom. The topological polar surface area (TPSA) is 62.5 Å². The maximum Gasteiger partial charge on any atom is 0.214 e. The van der Waals surface area contributed by atoms with Crippen LogP contribution < -0.4 is 9.67 Å². The van der Waals surface area contributed by atoms with Crippen molar-refractivity contribution >= 4 is 16.6 Å². The molecule has 0 aliphatic carbocycles. The van der Waals surface area contributed by atoms with Crippen LogP contribution in [0.15, 0.2) is 88.8 Å². The van der Waals surface area contributed by atoms with E-state index in [0.29, 0.717) is 10.5 Å². The Balaban J connectivity index is 1.29. The molecule has 3 aromatic rings. The van der Waals surface area contributed by atoms with Gasteiger partial charge in [-0.1, -0.05) is 42.2 Å². The lowest BCUT2D eigenvalue weighted by atomic mass is 9.78. The summed E-state index contributed by atoms with van der Waals surface area (Å²) >= 11 is 0. The maximum atomic E-state index is 12.7. The van der Waals surface area contributed by atoms with Gasteiger partial charge in [0.25, 0.3) is 0 Å². The van der Waals surface area contributed by atoms with Crippen molar-refractivity contribution in [3.63, 3.8) is 0 Å². The summed E-state index contributed by atoms with van der Waals surface area (Å²) in [6, 6.07) is 19.8. The summed E-state index contributed by atoms with van der Waals surface area (Å²) in [5.41, 5.74) is 5.25. The second-order valence-corrected chi connectivity index (χ2v) is 10.7. The third kappa shape index (κ3) is 3.21. The molecule has 0 spiro atoms. The third-order valence-corrected chi connectivity index (χ3v) is 8.12. The van der Waals surface area contributed by atoms with Crippen LogP contribution in [0.2, 0.25) is 0 Å². The number of benzene rings is 2. The molecule has 33 heavy (non-hydrogen) atoms. The molecule has 0 saturated carbocycles. The van der Waals surface area contributed by atoms with Crippen molar-refractivity contribution in [3.05, 3.63) is 106 Å². The van der Waals surface area contributed by atoms with Gasteiger partial charge in [0.1, 0.15) is 6.10 Å². The number of nitrogens with zero attached hydrogens (tertiary/aromatic N) is 1. The number of rotatable bonds is 3. The van der Waals surface area contributed by atoms with E-state index in [1.165, 1.54) is 16.9 Å². The van der Waals surface area contributed by atoms with Gasteiger partial charge in [-0.2, -0.15) is 4.57 Å². The lowest BCUT2D eigenvalue weighted by Crippen LogP contribution is -2.48. The number of fused-ring (bicyclic) bond motifs is 4. The van der Waals surface area contributed by atoms with Crippen LogP contribution in [-0.4, -0.2) is 10.3 Å². The summed E-state index contributed by atoms with van der Waals surface area (Å²) in [7, 11) is -1.47. The monoisotopic (exact) mass is 457 g/mol. The average molecular weight is 458 g/mol. The van der Waals surface area contributed by atoms with Gasteiger partial charge in [0.2, 0.25) is 5.69 Å². The summed E-state index contributed by atoms with van der Waals surface area (Å²) < 4.78 is 15.0. The van der Waals surface area contributed by atoms with E-state index in [0.717, 1.165) is 12.0 Å². The molecule has 1 fully saturated rings. The molecule has 0 amide bonds. The van der Waals surface area contributed by atoms with Gasteiger partial charge >= 0.3 is 0 Å². The fourth-order valence-electron chi connectivity index (χ4n) is 4.91. The quantitative estimate of drug-likeness (QED) is 0.446. The zero-order valence-electron chi connectivity index (χ0n) is 18.4. The highest BCUT2D eigenvalue weighted by atomic mass is 32.2. The lowest BCUT2D eigenvalue weighted by molar-refractivity contribution is -0.612. The van der Waals surface area contributed by atoms with Crippen LogP contribution in [0.3, 0.4) is 0 Å². The minimum Gasteiger partial charge on any atom is -0.871 e. The second-order valence-electron chi connectivity index (χ2n) is 9.30. The van der Waals surface area contributed by atoms with E-state index in [1.54, 1.807) is 36.4 Å². The molecule has 4 heterocycles. The highest BCUT2D eigenvalue weighted by Crippen LogP contribution is 2.39. The van der Waals surface area contributed by atoms with Crippen molar-refractivity contribution in [1.29, 1.82) is 0 Å². The standard InChI is InChI=1S/C27H23NO4S/c1-27(2)16-18-7-3-5-9-20(18)28-14-13-17(15-24(27)28)26-21(31-32-26)11-12-23-25(29)19-8-4-6-10-22(19)33(23)30/h3-15,21,26H,16H2,1-2H3/b12-11+. The minimum atomic E-state index is -1.47. The van der Waals surface area contributed by atoms with E-state index in [4.69, 9.17) is 9.78 Å². The molecule has 0 radical (unpaired) electrons. The number of allylic oxidation sites excluding steroid dienone is 1. The Hall–Kier alpha value is -3.06. The molecule has 6 heteroatoms. The van der Waals surface area contributed by atoms with Crippen molar-refractivity contribution in [2.45, 2.75) is 42.8 Å². The van der Waals surface area contributed by atoms with E-state index in [9.17, 15) is 9.32 Å². The molecule has 3 aliphatic heterocycles. The lowest BCUT2D eigenvalue weighted by Gasteiger charge is -2.34. The summed E-state index contributed by atoms with van der Waals surface area (Å²) in [4.78, 5) is 11.6. The first-order valence-electron chi connectivity index (χ1n) is 11.0. The molecule has 3 atom stereocenters. The van der Waals surface area contributed by atoms with E-state index < -0.39 is 10.8 Å². The van der Waals surface area contributed by atoms with Gasteiger partial charge in [-0.3, -0.25) is 0 Å². The predicted octanol–water partition coefficient (Wildman–Crippen LogP) is 3.58. The van der Waals surface area contributed by atoms with Gasteiger partial charge in [-0.05, 0) is 49.6 Å². The molecule has 0 N–H and O–H groups in total. The van der Waals surface area contributed by atoms with Gasteiger partial charge in [-0.25, -0.2) is 14.0 Å². The van der Waals surface area contributed by atoms with Crippen molar-refractivity contribution < 1.29 is 23.7 Å². The first-order chi connectivity index (χ1) is 15.9. The van der Waals surface area contributed by atoms with Crippen molar-refractivity contribution in [2.75, 3.05) is 0 Å². The number of pyridine rings is 1. The molecule has 3 unspecified atom stereocenters. The molecule has 3 aliphatic rings. The predicted molar refractivity (Wildman–Crippen MR) is 122 cm³/mol. The number of para-hydroxylation sites is 1. The molecular weight excluding hydrogens is 434 g/mol. The maximum absolute atomic E-state index is 12.7. The third-order valence-electron chi connectivity index (χ3n) is 6.65. The number of aromatic nitrogens is 1. The van der Waals surface area contributed by atoms with Gasteiger partial charge in [0, 0.05) is 28.7 Å². The van der Waals surface area contributed by atoms with Gasteiger partial charge in [0.15, 0.2) is 18.0 Å². The van der Waals surface area contributed by atoms with Crippen LogP contribution in [0.1, 0.15) is 42.3 Å². The highest BCUT2D eigenvalue weighted by molar-refractivity contribution is 7.90. The Morgan fingerprint density at radius 1 is 1.09 bits per heavy atom. The largest absolute Gasteiger partial charge is 0.871 e. The van der Waals surface area contributed by atoms with Crippen LogP contribution >= 0.6 is 0 Å². The molecule has 0 bridgehead atoms. The van der Waals surface area contributed by atoms with Crippen LogP contribution in [0, 0.1) is 0 Å². The van der Waals surface area contributed by atoms with Gasteiger partial charge in [0.05, 0.1) is 21.1 Å².